The summed E-state index contributed by atoms with van der Waals surface area (Å²) in [6, 6.07) is 13.8. The molecule has 2 aliphatic heterocycles. The van der Waals surface area contributed by atoms with E-state index in [0.717, 1.165) is 40.9 Å². The van der Waals surface area contributed by atoms with E-state index in [1.165, 1.54) is 5.56 Å². The summed E-state index contributed by atoms with van der Waals surface area (Å²) >= 11 is 3.51. The maximum atomic E-state index is 13.1. The van der Waals surface area contributed by atoms with E-state index < -0.39 is 0 Å². The minimum absolute atomic E-state index is 0.00114. The third kappa shape index (κ3) is 4.52. The van der Waals surface area contributed by atoms with Crippen molar-refractivity contribution in [1.82, 2.24) is 4.90 Å². The Hall–Kier alpha value is -2.38. The van der Waals surface area contributed by atoms with E-state index >= 15 is 0 Å². The lowest BCUT2D eigenvalue weighted by molar-refractivity contribution is -0.132. The van der Waals surface area contributed by atoms with Crippen molar-refractivity contribution in [2.45, 2.75) is 25.8 Å². The van der Waals surface area contributed by atoms with Gasteiger partial charge in [-0.05, 0) is 35.7 Å². The third-order valence-electron chi connectivity index (χ3n) is 5.78. The van der Waals surface area contributed by atoms with E-state index in [9.17, 15) is 9.59 Å². The Morgan fingerprint density at radius 2 is 1.90 bits per heavy atom. The van der Waals surface area contributed by atoms with Gasteiger partial charge in [0.05, 0.1) is 37.1 Å². The fourth-order valence-corrected chi connectivity index (χ4v) is 4.67. The molecule has 2 aromatic carbocycles. The zero-order valence-corrected chi connectivity index (χ0v) is 18.7. The van der Waals surface area contributed by atoms with Gasteiger partial charge in [0.15, 0.2) is 0 Å². The summed E-state index contributed by atoms with van der Waals surface area (Å²) in [7, 11) is 0. The fourth-order valence-electron chi connectivity index (χ4n) is 4.31. The summed E-state index contributed by atoms with van der Waals surface area (Å²) in [6.07, 6.45) is 1.05. The number of carbonyl (C=O) groups excluding carboxylic acids is 2. The number of benzene rings is 2. The molecule has 4 rings (SSSR count). The first-order valence-corrected chi connectivity index (χ1v) is 11.1. The third-order valence-corrected chi connectivity index (χ3v) is 6.27. The Morgan fingerprint density at radius 3 is 2.67 bits per heavy atom. The number of ether oxygens (including phenoxy) is 1. The largest absolute Gasteiger partial charge is 0.378 e. The van der Waals surface area contributed by atoms with Crippen LogP contribution in [0.5, 0.6) is 0 Å². The maximum Gasteiger partial charge on any atom is 0.226 e. The number of nitrogens with one attached hydrogen (secondary N) is 1. The number of nitrogens with zero attached hydrogens (tertiary/aromatic N) is 2. The molecule has 30 heavy (non-hydrogen) atoms. The molecule has 2 aromatic rings. The molecule has 0 spiro atoms. The van der Waals surface area contributed by atoms with Crippen LogP contribution in [-0.4, -0.2) is 49.6 Å². The quantitative estimate of drug-likeness (QED) is 0.737. The topological polar surface area (TPSA) is 61.9 Å². The Kier molecular flexibility index (Phi) is 6.39. The molecule has 6 nitrogen and oxygen atoms in total. The van der Waals surface area contributed by atoms with Gasteiger partial charge in [-0.1, -0.05) is 40.2 Å². The molecule has 2 amide bonds. The smallest absolute Gasteiger partial charge is 0.226 e. The number of rotatable bonds is 4. The van der Waals surface area contributed by atoms with E-state index in [4.69, 9.17) is 4.74 Å². The zero-order valence-electron chi connectivity index (χ0n) is 17.1. The van der Waals surface area contributed by atoms with Crippen molar-refractivity contribution in [2.75, 3.05) is 43.1 Å². The summed E-state index contributed by atoms with van der Waals surface area (Å²) in [4.78, 5) is 29.4. The van der Waals surface area contributed by atoms with Gasteiger partial charge >= 0.3 is 0 Å². The fraction of sp³-hybridized carbons (Fsp3) is 0.391. The van der Waals surface area contributed by atoms with Gasteiger partial charge in [-0.15, -0.1) is 0 Å². The average molecular weight is 472 g/mol. The molecule has 0 saturated carbocycles. The second kappa shape index (κ2) is 9.18. The van der Waals surface area contributed by atoms with Crippen molar-refractivity contribution in [2.24, 2.45) is 0 Å². The summed E-state index contributed by atoms with van der Waals surface area (Å²) in [5.74, 6) is -0.102. The van der Waals surface area contributed by atoms with Crippen LogP contribution < -0.4 is 10.2 Å². The van der Waals surface area contributed by atoms with Crippen LogP contribution in [-0.2, 0) is 20.7 Å². The number of hydrogen-bond donors (Lipinski definition) is 1. The summed E-state index contributed by atoms with van der Waals surface area (Å²) < 4.78 is 6.36. The monoisotopic (exact) mass is 471 g/mol. The first-order chi connectivity index (χ1) is 14.5. The van der Waals surface area contributed by atoms with Crippen molar-refractivity contribution in [1.29, 1.82) is 0 Å². The molecule has 2 aliphatic rings. The number of amides is 2. The second-order valence-corrected chi connectivity index (χ2v) is 8.61. The van der Waals surface area contributed by atoms with Gasteiger partial charge in [-0.25, -0.2) is 0 Å². The van der Waals surface area contributed by atoms with Gasteiger partial charge in [0.2, 0.25) is 11.8 Å². The van der Waals surface area contributed by atoms with Crippen LogP contribution >= 0.6 is 15.9 Å². The van der Waals surface area contributed by atoms with Crippen molar-refractivity contribution >= 4 is 39.1 Å². The molecule has 0 aromatic heterocycles. The predicted octanol–water partition coefficient (Wildman–Crippen LogP) is 3.76. The molecule has 0 aliphatic carbocycles. The minimum Gasteiger partial charge on any atom is -0.378 e. The summed E-state index contributed by atoms with van der Waals surface area (Å²) in [5.41, 5.74) is 4.04. The molecule has 7 heteroatoms. The summed E-state index contributed by atoms with van der Waals surface area (Å²) in [6.45, 7) is 5.15. The van der Waals surface area contributed by atoms with Gasteiger partial charge < -0.3 is 19.9 Å². The van der Waals surface area contributed by atoms with Crippen molar-refractivity contribution in [3.8, 4) is 0 Å². The van der Waals surface area contributed by atoms with Crippen molar-refractivity contribution in [3.63, 3.8) is 0 Å². The Labute approximate surface area is 185 Å². The Bertz CT molecular complexity index is 943. The van der Waals surface area contributed by atoms with Gasteiger partial charge in [-0.3, -0.25) is 9.59 Å². The van der Waals surface area contributed by atoms with E-state index in [0.29, 0.717) is 19.8 Å². The van der Waals surface area contributed by atoms with E-state index in [1.807, 2.05) is 41.3 Å². The van der Waals surface area contributed by atoms with E-state index in [-0.39, 0.29) is 24.3 Å². The van der Waals surface area contributed by atoms with Crippen LogP contribution in [0, 0.1) is 0 Å². The van der Waals surface area contributed by atoms with Crippen LogP contribution in [0.3, 0.4) is 0 Å². The predicted molar refractivity (Wildman–Crippen MR) is 121 cm³/mol. The Morgan fingerprint density at radius 1 is 1.13 bits per heavy atom. The van der Waals surface area contributed by atoms with Gasteiger partial charge in [-0.2, -0.15) is 0 Å². The molecule has 0 radical (unpaired) electrons. The molecule has 1 fully saturated rings. The first kappa shape index (κ1) is 20.9. The highest BCUT2D eigenvalue weighted by molar-refractivity contribution is 9.10. The zero-order chi connectivity index (χ0) is 21.1. The lowest BCUT2D eigenvalue weighted by Gasteiger charge is -2.36. The molecule has 0 bridgehead atoms. The van der Waals surface area contributed by atoms with Crippen LogP contribution in [0.4, 0.5) is 11.4 Å². The normalized spacial score (nSPS) is 18.7. The van der Waals surface area contributed by atoms with E-state index in [1.54, 1.807) is 6.92 Å². The highest BCUT2D eigenvalue weighted by atomic mass is 79.9. The lowest BCUT2D eigenvalue weighted by Crippen LogP contribution is -2.40. The maximum absolute atomic E-state index is 13.1. The molecule has 1 saturated heterocycles. The number of hydrogen-bond acceptors (Lipinski definition) is 4. The van der Waals surface area contributed by atoms with Crippen LogP contribution in [0.25, 0.3) is 0 Å². The molecule has 158 valence electrons. The molecule has 1 N–H and O–H groups in total. The molecule has 1 unspecified atom stereocenters. The standard InChI is InChI=1S/C23H26BrN3O3/c1-16(28)27-9-8-17-4-2-3-5-19(17)22(27)15-23(29)25-20-14-18(24)6-7-21(20)26-10-12-30-13-11-26/h2-7,14,22H,8-13,15H2,1H3,(H,25,29). The molecular weight excluding hydrogens is 446 g/mol. The number of morpholine rings is 1. The van der Waals surface area contributed by atoms with Crippen molar-refractivity contribution in [3.05, 3.63) is 58.1 Å². The first-order valence-electron chi connectivity index (χ1n) is 10.3. The highest BCUT2D eigenvalue weighted by Gasteiger charge is 2.31. The summed E-state index contributed by atoms with van der Waals surface area (Å²) in [5, 5.41) is 3.10. The average Bonchev–Trinajstić information content (AvgIpc) is 2.74. The van der Waals surface area contributed by atoms with Crippen LogP contribution in [0.2, 0.25) is 0 Å². The highest BCUT2D eigenvalue weighted by Crippen LogP contribution is 2.34. The SMILES string of the molecule is CC(=O)N1CCc2ccccc2C1CC(=O)Nc1cc(Br)ccc1N1CCOCC1. The Balaban J connectivity index is 1.56. The molecule has 2 heterocycles. The number of halogens is 1. The lowest BCUT2D eigenvalue weighted by atomic mass is 9.90. The number of fused-ring (bicyclic) bond motifs is 1. The molecule has 1 atom stereocenters. The van der Waals surface area contributed by atoms with Crippen molar-refractivity contribution < 1.29 is 14.3 Å². The number of anilines is 2. The second-order valence-electron chi connectivity index (χ2n) is 7.69. The van der Waals surface area contributed by atoms with Crippen LogP contribution in [0.15, 0.2) is 46.9 Å². The minimum atomic E-state index is -0.244. The number of carbonyl (C=O) groups is 2. The van der Waals surface area contributed by atoms with Gasteiger partial charge in [0, 0.05) is 31.0 Å². The molecular formula is C23H26BrN3O3. The van der Waals surface area contributed by atoms with Gasteiger partial charge in [0.25, 0.3) is 0 Å². The van der Waals surface area contributed by atoms with Gasteiger partial charge in [0.1, 0.15) is 0 Å². The van der Waals surface area contributed by atoms with Crippen LogP contribution in [0.1, 0.15) is 30.5 Å². The van der Waals surface area contributed by atoms with E-state index in [2.05, 4.69) is 32.2 Å².